The van der Waals surface area contributed by atoms with Crippen molar-refractivity contribution >= 4 is 10.1 Å². The van der Waals surface area contributed by atoms with Crippen LogP contribution in [-0.4, -0.2) is 19.0 Å². The van der Waals surface area contributed by atoms with Gasteiger partial charge in [0.15, 0.2) is 0 Å². The highest BCUT2D eigenvalue weighted by Crippen LogP contribution is 2.08. The molecular formula is C17H31NO3S. The highest BCUT2D eigenvalue weighted by Gasteiger charge is 2.06. The van der Waals surface area contributed by atoms with Gasteiger partial charge in [-0.25, -0.2) is 0 Å². The molecular weight excluding hydrogens is 298 g/mol. The maximum atomic E-state index is 10.5. The maximum Gasteiger partial charge on any atom is 0.294 e. The average Bonchev–Trinajstić information content (AvgIpc) is 2.47. The summed E-state index contributed by atoms with van der Waals surface area (Å²) in [7, 11) is -4.02. The van der Waals surface area contributed by atoms with Crippen molar-refractivity contribution in [3.05, 3.63) is 29.8 Å². The van der Waals surface area contributed by atoms with Crippen molar-refractivity contribution in [3.8, 4) is 0 Å². The first-order chi connectivity index (χ1) is 10.3. The van der Waals surface area contributed by atoms with Crippen LogP contribution in [0.2, 0.25) is 0 Å². The van der Waals surface area contributed by atoms with Gasteiger partial charge in [-0.2, -0.15) is 8.42 Å². The Morgan fingerprint density at radius 1 is 1.05 bits per heavy atom. The van der Waals surface area contributed by atoms with Crippen molar-refractivity contribution in [3.63, 3.8) is 0 Å². The summed E-state index contributed by atoms with van der Waals surface area (Å²) in [5.41, 5.74) is 6.74. The second-order valence-corrected chi connectivity index (χ2v) is 7.08. The van der Waals surface area contributed by atoms with Crippen LogP contribution >= 0.6 is 0 Å². The van der Waals surface area contributed by atoms with E-state index in [0.717, 1.165) is 12.0 Å². The van der Waals surface area contributed by atoms with Crippen LogP contribution in [0.5, 0.6) is 0 Å². The normalized spacial score (nSPS) is 12.4. The first kappa shape index (κ1) is 21.1. The van der Waals surface area contributed by atoms with Crippen LogP contribution in [0.3, 0.4) is 0 Å². The zero-order valence-corrected chi connectivity index (χ0v) is 14.9. The van der Waals surface area contributed by atoms with E-state index >= 15 is 0 Å². The minimum atomic E-state index is -4.02. The summed E-state index contributed by atoms with van der Waals surface area (Å²) in [6.45, 7) is 6.25. The predicted molar refractivity (Wildman–Crippen MR) is 92.6 cm³/mol. The van der Waals surface area contributed by atoms with Crippen molar-refractivity contribution in [2.45, 2.75) is 76.7 Å². The Labute approximate surface area is 135 Å². The fourth-order valence-corrected chi connectivity index (χ4v) is 2.40. The molecule has 1 aromatic carbocycles. The van der Waals surface area contributed by atoms with E-state index in [9.17, 15) is 8.42 Å². The smallest absolute Gasteiger partial charge is 0.294 e. The Morgan fingerprint density at radius 3 is 2.05 bits per heavy atom. The van der Waals surface area contributed by atoms with Gasteiger partial charge >= 0.3 is 0 Å². The molecule has 1 rings (SSSR count). The van der Waals surface area contributed by atoms with Crippen LogP contribution in [0.25, 0.3) is 0 Å². The van der Waals surface area contributed by atoms with Gasteiger partial charge in [0.1, 0.15) is 0 Å². The first-order valence-corrected chi connectivity index (χ1v) is 9.55. The van der Waals surface area contributed by atoms with Crippen molar-refractivity contribution < 1.29 is 13.0 Å². The van der Waals surface area contributed by atoms with E-state index < -0.39 is 10.1 Å². The molecule has 4 nitrogen and oxygen atoms in total. The van der Waals surface area contributed by atoms with Gasteiger partial charge < -0.3 is 5.73 Å². The number of unbranched alkanes of at least 4 members (excludes halogenated alkanes) is 4. The van der Waals surface area contributed by atoms with Crippen LogP contribution in [0.1, 0.15) is 64.4 Å². The first-order valence-electron chi connectivity index (χ1n) is 8.11. The van der Waals surface area contributed by atoms with Crippen molar-refractivity contribution in [1.82, 2.24) is 0 Å². The fourth-order valence-electron chi connectivity index (χ4n) is 1.92. The molecule has 3 N–H and O–H groups in total. The summed E-state index contributed by atoms with van der Waals surface area (Å²) in [6.07, 6.45) is 9.18. The van der Waals surface area contributed by atoms with E-state index in [0.29, 0.717) is 6.04 Å². The predicted octanol–water partition coefficient (Wildman–Crippen LogP) is 4.33. The Balaban J connectivity index is 0.000000401. The lowest BCUT2D eigenvalue weighted by molar-refractivity contribution is 0.483. The Hall–Kier alpha value is -0.910. The largest absolute Gasteiger partial charge is 0.328 e. The van der Waals surface area contributed by atoms with E-state index in [2.05, 4.69) is 13.8 Å². The second-order valence-electron chi connectivity index (χ2n) is 5.66. The molecule has 0 aliphatic heterocycles. The summed E-state index contributed by atoms with van der Waals surface area (Å²) in [4.78, 5) is -0.0666. The number of rotatable bonds is 8. The third kappa shape index (κ3) is 10.8. The van der Waals surface area contributed by atoms with E-state index in [1.807, 2.05) is 6.92 Å². The van der Waals surface area contributed by atoms with Gasteiger partial charge in [0.2, 0.25) is 0 Å². The highest BCUT2D eigenvalue weighted by molar-refractivity contribution is 7.85. The Bertz CT molecular complexity index is 483. The molecule has 1 unspecified atom stereocenters. The topological polar surface area (TPSA) is 80.4 Å². The second kappa shape index (κ2) is 11.6. The lowest BCUT2D eigenvalue weighted by Gasteiger charge is -2.06. The lowest BCUT2D eigenvalue weighted by Crippen LogP contribution is -2.17. The molecule has 128 valence electrons. The molecule has 0 heterocycles. The molecule has 0 bridgehead atoms. The minimum absolute atomic E-state index is 0.0666. The van der Waals surface area contributed by atoms with E-state index in [-0.39, 0.29) is 4.90 Å². The van der Waals surface area contributed by atoms with Gasteiger partial charge in [0, 0.05) is 6.04 Å². The molecule has 0 fully saturated rings. The molecule has 0 aromatic heterocycles. The standard InChI is InChI=1S/C10H23N.C7H8O3S/c1-3-5-6-7-8-9-10(11)4-2;1-6-2-4-7(5-3-6)11(8,9)10/h10H,3-9,11H2,1-2H3;2-5H,1H3,(H,8,9,10). The van der Waals surface area contributed by atoms with Crippen LogP contribution < -0.4 is 5.73 Å². The molecule has 0 spiro atoms. The molecule has 0 aliphatic carbocycles. The van der Waals surface area contributed by atoms with Crippen molar-refractivity contribution in [2.24, 2.45) is 5.73 Å². The summed E-state index contributed by atoms with van der Waals surface area (Å²) in [5, 5.41) is 0. The number of hydrogen-bond donors (Lipinski definition) is 2. The lowest BCUT2D eigenvalue weighted by atomic mass is 10.1. The molecule has 0 saturated heterocycles. The van der Waals surface area contributed by atoms with E-state index in [1.165, 1.54) is 50.7 Å². The molecule has 1 aromatic rings. The van der Waals surface area contributed by atoms with Crippen molar-refractivity contribution in [2.75, 3.05) is 0 Å². The highest BCUT2D eigenvalue weighted by atomic mass is 32.2. The molecule has 0 radical (unpaired) electrons. The molecule has 1 atom stereocenters. The summed E-state index contributed by atoms with van der Waals surface area (Å²) < 4.78 is 29.6. The summed E-state index contributed by atoms with van der Waals surface area (Å²) >= 11 is 0. The Morgan fingerprint density at radius 2 is 1.59 bits per heavy atom. The zero-order chi connectivity index (χ0) is 17.0. The summed E-state index contributed by atoms with van der Waals surface area (Å²) in [6, 6.07) is 6.44. The Kier molecular flexibility index (Phi) is 11.1. The van der Waals surface area contributed by atoms with Gasteiger partial charge in [-0.15, -0.1) is 0 Å². The third-order valence-electron chi connectivity index (χ3n) is 3.52. The molecule has 0 aliphatic rings. The van der Waals surface area contributed by atoms with Crippen LogP contribution in [-0.2, 0) is 10.1 Å². The molecule has 5 heteroatoms. The zero-order valence-electron chi connectivity index (χ0n) is 14.1. The average molecular weight is 330 g/mol. The van der Waals surface area contributed by atoms with Gasteiger partial charge in [-0.1, -0.05) is 63.6 Å². The number of benzene rings is 1. The van der Waals surface area contributed by atoms with E-state index in [4.69, 9.17) is 10.3 Å². The fraction of sp³-hybridized carbons (Fsp3) is 0.647. The van der Waals surface area contributed by atoms with Gasteiger partial charge in [0.25, 0.3) is 10.1 Å². The van der Waals surface area contributed by atoms with Crippen LogP contribution in [0.4, 0.5) is 0 Å². The molecule has 22 heavy (non-hydrogen) atoms. The van der Waals surface area contributed by atoms with E-state index in [1.54, 1.807) is 12.1 Å². The van der Waals surface area contributed by atoms with Crippen LogP contribution in [0, 0.1) is 6.92 Å². The van der Waals surface area contributed by atoms with Crippen molar-refractivity contribution in [1.29, 1.82) is 0 Å². The molecule has 0 amide bonds. The number of hydrogen-bond acceptors (Lipinski definition) is 3. The number of nitrogens with two attached hydrogens (primary N) is 1. The van der Waals surface area contributed by atoms with Gasteiger partial charge in [0.05, 0.1) is 4.90 Å². The van der Waals surface area contributed by atoms with Gasteiger partial charge in [-0.3, -0.25) is 4.55 Å². The maximum absolute atomic E-state index is 10.5. The third-order valence-corrected chi connectivity index (χ3v) is 4.39. The van der Waals surface area contributed by atoms with Gasteiger partial charge in [-0.05, 0) is 31.9 Å². The van der Waals surface area contributed by atoms with Crippen LogP contribution in [0.15, 0.2) is 29.2 Å². The molecule has 0 saturated carbocycles. The number of aryl methyl sites for hydroxylation is 1. The summed E-state index contributed by atoms with van der Waals surface area (Å²) in [5.74, 6) is 0. The quantitative estimate of drug-likeness (QED) is 0.549. The monoisotopic (exact) mass is 329 g/mol. The SMILES string of the molecule is CCCCCCCC(N)CC.Cc1ccc(S(=O)(=O)O)cc1. The minimum Gasteiger partial charge on any atom is -0.328 e.